The van der Waals surface area contributed by atoms with Crippen LogP contribution in [0.15, 0.2) is 35.2 Å². The molecule has 0 atom stereocenters. The number of nitrogens with zero attached hydrogens (tertiary/aromatic N) is 1. The topological polar surface area (TPSA) is 83.5 Å². The first-order chi connectivity index (χ1) is 13.0. The van der Waals surface area contributed by atoms with Crippen molar-refractivity contribution in [2.45, 2.75) is 4.90 Å². The van der Waals surface area contributed by atoms with Crippen LogP contribution in [0.4, 0.5) is 0 Å². The number of likely N-dealkylation sites (N-methyl/N-ethyl adjacent to an activating group) is 1. The minimum absolute atomic E-state index is 0.0336. The van der Waals surface area contributed by atoms with Gasteiger partial charge >= 0.3 is 0 Å². The number of ether oxygens (including phenoxy) is 4. The Kier molecular flexibility index (Phi) is 13.2. The lowest BCUT2D eigenvalue weighted by atomic mass is 10.4. The van der Waals surface area contributed by atoms with Crippen molar-refractivity contribution in [3.63, 3.8) is 0 Å². The first kappa shape index (κ1) is 24.0. The first-order valence-electron chi connectivity index (χ1n) is 8.92. The van der Waals surface area contributed by atoms with E-state index in [9.17, 15) is 8.42 Å². The molecular weight excluding hydrogens is 374 g/mol. The molecule has 0 aliphatic rings. The summed E-state index contributed by atoms with van der Waals surface area (Å²) in [7, 11) is 0.280. The van der Waals surface area contributed by atoms with E-state index in [1.54, 1.807) is 18.2 Å². The predicted octanol–water partition coefficient (Wildman–Crippen LogP) is 1.02. The zero-order valence-electron chi connectivity index (χ0n) is 16.2. The van der Waals surface area contributed by atoms with Crippen LogP contribution in [0.2, 0.25) is 0 Å². The maximum atomic E-state index is 11.9. The maximum absolute atomic E-state index is 11.9. The van der Waals surface area contributed by atoms with Gasteiger partial charge in [-0.3, -0.25) is 4.18 Å². The van der Waals surface area contributed by atoms with Crippen LogP contribution in [0.1, 0.15) is 0 Å². The highest BCUT2D eigenvalue weighted by Gasteiger charge is 2.13. The zero-order chi connectivity index (χ0) is 19.8. The van der Waals surface area contributed by atoms with Crippen LogP contribution in [0.3, 0.4) is 0 Å². The molecule has 1 rings (SSSR count). The number of rotatable bonds is 17. The Morgan fingerprint density at radius 2 is 1.15 bits per heavy atom. The van der Waals surface area contributed by atoms with Crippen molar-refractivity contribution < 1.29 is 31.5 Å². The highest BCUT2D eigenvalue weighted by molar-refractivity contribution is 7.86. The standard InChI is InChI=1S/C18H31NO7S/c1-19(2)8-9-22-10-11-23-12-13-24-14-15-25-16-17-26-27(20,21)18-6-4-3-5-7-18/h3-7H,8-17H2,1-2H3. The summed E-state index contributed by atoms with van der Waals surface area (Å²) in [6.45, 7) is 4.59. The molecule has 0 aliphatic heterocycles. The van der Waals surface area contributed by atoms with Gasteiger partial charge in [-0.1, -0.05) is 18.2 Å². The Morgan fingerprint density at radius 3 is 1.63 bits per heavy atom. The minimum Gasteiger partial charge on any atom is -0.378 e. The van der Waals surface area contributed by atoms with E-state index >= 15 is 0 Å². The van der Waals surface area contributed by atoms with Gasteiger partial charge in [-0.2, -0.15) is 8.42 Å². The predicted molar refractivity (Wildman–Crippen MR) is 101 cm³/mol. The third-order valence-corrected chi connectivity index (χ3v) is 4.62. The molecule has 0 bridgehead atoms. The third-order valence-electron chi connectivity index (χ3n) is 3.30. The van der Waals surface area contributed by atoms with E-state index in [1.807, 2.05) is 14.1 Å². The van der Waals surface area contributed by atoms with E-state index in [0.717, 1.165) is 6.54 Å². The SMILES string of the molecule is CN(C)CCOCCOCCOCCOCCOS(=O)(=O)c1ccccc1. The summed E-state index contributed by atoms with van der Waals surface area (Å²) in [6, 6.07) is 8.01. The number of hydrogen-bond acceptors (Lipinski definition) is 8. The quantitative estimate of drug-likeness (QED) is 0.281. The molecule has 1 aromatic carbocycles. The maximum Gasteiger partial charge on any atom is 0.297 e. The van der Waals surface area contributed by atoms with Crippen LogP contribution in [-0.2, 0) is 33.2 Å². The van der Waals surface area contributed by atoms with Gasteiger partial charge < -0.3 is 23.8 Å². The fourth-order valence-corrected chi connectivity index (χ4v) is 2.78. The van der Waals surface area contributed by atoms with Gasteiger partial charge in [-0.25, -0.2) is 0 Å². The van der Waals surface area contributed by atoms with E-state index in [4.69, 9.17) is 23.1 Å². The second-order valence-electron chi connectivity index (χ2n) is 5.84. The van der Waals surface area contributed by atoms with E-state index in [0.29, 0.717) is 46.2 Å². The molecular formula is C18H31NO7S. The van der Waals surface area contributed by atoms with Crippen LogP contribution in [-0.4, -0.2) is 93.4 Å². The molecule has 0 aliphatic carbocycles. The van der Waals surface area contributed by atoms with Gasteiger partial charge in [-0.05, 0) is 26.2 Å². The van der Waals surface area contributed by atoms with Gasteiger partial charge in [0.05, 0.1) is 64.4 Å². The fourth-order valence-electron chi connectivity index (χ4n) is 1.87. The lowest BCUT2D eigenvalue weighted by Gasteiger charge is -2.10. The summed E-state index contributed by atoms with van der Waals surface area (Å²) in [5, 5.41) is 0. The van der Waals surface area contributed by atoms with E-state index in [2.05, 4.69) is 4.90 Å². The van der Waals surface area contributed by atoms with Crippen molar-refractivity contribution >= 4 is 10.1 Å². The molecule has 0 N–H and O–H groups in total. The molecule has 1 aromatic rings. The minimum atomic E-state index is -3.72. The summed E-state index contributed by atoms with van der Waals surface area (Å²) in [5.74, 6) is 0. The summed E-state index contributed by atoms with van der Waals surface area (Å²) in [5.41, 5.74) is 0. The average Bonchev–Trinajstić information content (AvgIpc) is 2.65. The fraction of sp³-hybridized carbons (Fsp3) is 0.667. The van der Waals surface area contributed by atoms with Crippen LogP contribution in [0, 0.1) is 0 Å². The van der Waals surface area contributed by atoms with Crippen molar-refractivity contribution in [1.82, 2.24) is 4.90 Å². The largest absolute Gasteiger partial charge is 0.378 e. The van der Waals surface area contributed by atoms with Crippen LogP contribution in [0.5, 0.6) is 0 Å². The van der Waals surface area contributed by atoms with Gasteiger partial charge in [0.25, 0.3) is 10.1 Å². The van der Waals surface area contributed by atoms with Gasteiger partial charge in [0.2, 0.25) is 0 Å². The van der Waals surface area contributed by atoms with Crippen LogP contribution < -0.4 is 0 Å². The van der Waals surface area contributed by atoms with Crippen LogP contribution >= 0.6 is 0 Å². The van der Waals surface area contributed by atoms with Gasteiger partial charge in [0.1, 0.15) is 0 Å². The Bertz CT molecular complexity index is 566. The molecule has 0 saturated carbocycles. The Morgan fingerprint density at radius 1 is 0.704 bits per heavy atom. The highest BCUT2D eigenvalue weighted by Crippen LogP contribution is 2.10. The van der Waals surface area contributed by atoms with Crippen molar-refractivity contribution in [2.75, 3.05) is 80.1 Å². The molecule has 0 saturated heterocycles. The molecule has 0 aromatic heterocycles. The van der Waals surface area contributed by atoms with Crippen LogP contribution in [0.25, 0.3) is 0 Å². The highest BCUT2D eigenvalue weighted by atomic mass is 32.2. The molecule has 8 nitrogen and oxygen atoms in total. The van der Waals surface area contributed by atoms with Gasteiger partial charge in [0.15, 0.2) is 0 Å². The van der Waals surface area contributed by atoms with E-state index < -0.39 is 10.1 Å². The average molecular weight is 406 g/mol. The molecule has 27 heavy (non-hydrogen) atoms. The van der Waals surface area contributed by atoms with E-state index in [-0.39, 0.29) is 18.1 Å². The Labute approximate surface area is 162 Å². The number of hydrogen-bond donors (Lipinski definition) is 0. The Balaban J connectivity index is 1.86. The summed E-state index contributed by atoms with van der Waals surface area (Å²) in [4.78, 5) is 2.20. The van der Waals surface area contributed by atoms with Crippen molar-refractivity contribution in [3.05, 3.63) is 30.3 Å². The van der Waals surface area contributed by atoms with Gasteiger partial charge in [-0.15, -0.1) is 0 Å². The lowest BCUT2D eigenvalue weighted by Crippen LogP contribution is -2.19. The third kappa shape index (κ3) is 12.9. The molecule has 0 amide bonds. The molecule has 0 radical (unpaired) electrons. The zero-order valence-corrected chi connectivity index (χ0v) is 17.0. The first-order valence-corrected chi connectivity index (χ1v) is 10.3. The number of benzene rings is 1. The molecule has 0 fully saturated rings. The molecule has 156 valence electrons. The normalized spacial score (nSPS) is 12.0. The molecule has 0 spiro atoms. The second kappa shape index (κ2) is 14.9. The van der Waals surface area contributed by atoms with Crippen molar-refractivity contribution in [3.8, 4) is 0 Å². The van der Waals surface area contributed by atoms with Crippen molar-refractivity contribution in [2.24, 2.45) is 0 Å². The molecule has 9 heteroatoms. The molecule has 0 heterocycles. The summed E-state index contributed by atoms with van der Waals surface area (Å²) >= 11 is 0. The lowest BCUT2D eigenvalue weighted by molar-refractivity contribution is -0.00536. The van der Waals surface area contributed by atoms with Crippen molar-refractivity contribution in [1.29, 1.82) is 0 Å². The van der Waals surface area contributed by atoms with E-state index in [1.165, 1.54) is 12.1 Å². The summed E-state index contributed by atoms with van der Waals surface area (Å²) in [6.07, 6.45) is 0. The monoisotopic (exact) mass is 405 g/mol. The Hall–Kier alpha value is -1.07. The second-order valence-corrected chi connectivity index (χ2v) is 7.46. The molecule has 0 unspecified atom stereocenters. The van der Waals surface area contributed by atoms with Gasteiger partial charge in [0, 0.05) is 6.54 Å². The smallest absolute Gasteiger partial charge is 0.297 e. The summed E-state index contributed by atoms with van der Waals surface area (Å²) < 4.78 is 50.0.